The molecule has 1 aromatic rings. The second kappa shape index (κ2) is 5.62. The van der Waals surface area contributed by atoms with E-state index in [9.17, 15) is 18.0 Å². The zero-order valence-corrected chi connectivity index (χ0v) is 10.6. The number of benzene rings is 1. The number of rotatable bonds is 2. The molecule has 108 valence electrons. The molecule has 0 spiro atoms. The summed E-state index contributed by atoms with van der Waals surface area (Å²) in [5, 5.41) is 3.67. The fourth-order valence-corrected chi connectivity index (χ4v) is 1.71. The summed E-state index contributed by atoms with van der Waals surface area (Å²) >= 11 is 0. The minimum atomic E-state index is -4.43. The molecule has 0 radical (unpaired) electrons. The van der Waals surface area contributed by atoms with Crippen LogP contribution in [0.5, 0.6) is 0 Å². The molecule has 1 atom stereocenters. The SMILES string of the molecule is CC1OCCC1=NOC(=O)c1ccc(C(F)(F)F)cc1. The molecule has 1 heterocycles. The summed E-state index contributed by atoms with van der Waals surface area (Å²) in [6.07, 6.45) is -4.07. The highest BCUT2D eigenvalue weighted by atomic mass is 19.4. The minimum Gasteiger partial charge on any atom is -0.372 e. The van der Waals surface area contributed by atoms with E-state index in [0.29, 0.717) is 18.7 Å². The monoisotopic (exact) mass is 287 g/mol. The lowest BCUT2D eigenvalue weighted by atomic mass is 10.1. The third-order valence-electron chi connectivity index (χ3n) is 2.89. The summed E-state index contributed by atoms with van der Waals surface area (Å²) in [4.78, 5) is 16.3. The van der Waals surface area contributed by atoms with E-state index in [1.54, 1.807) is 6.92 Å². The third-order valence-corrected chi connectivity index (χ3v) is 2.89. The minimum absolute atomic E-state index is 0.00826. The summed E-state index contributed by atoms with van der Waals surface area (Å²) in [6.45, 7) is 2.29. The largest absolute Gasteiger partial charge is 0.416 e. The van der Waals surface area contributed by atoms with Gasteiger partial charge in [-0.2, -0.15) is 13.2 Å². The van der Waals surface area contributed by atoms with Crippen LogP contribution in [0.15, 0.2) is 29.4 Å². The number of carbonyl (C=O) groups excluding carboxylic acids is 1. The van der Waals surface area contributed by atoms with E-state index in [2.05, 4.69) is 5.16 Å². The molecule has 0 N–H and O–H groups in total. The molecule has 1 fully saturated rings. The van der Waals surface area contributed by atoms with Crippen molar-refractivity contribution in [2.24, 2.45) is 5.16 Å². The number of oxime groups is 1. The molecule has 4 nitrogen and oxygen atoms in total. The second-order valence-corrected chi connectivity index (χ2v) is 4.30. The van der Waals surface area contributed by atoms with E-state index in [4.69, 9.17) is 9.57 Å². The molecule has 1 aliphatic rings. The van der Waals surface area contributed by atoms with Gasteiger partial charge in [0.1, 0.15) is 0 Å². The van der Waals surface area contributed by atoms with Crippen LogP contribution in [0.25, 0.3) is 0 Å². The zero-order valence-electron chi connectivity index (χ0n) is 10.6. The van der Waals surface area contributed by atoms with Crippen molar-refractivity contribution in [2.45, 2.75) is 25.6 Å². The summed E-state index contributed by atoms with van der Waals surface area (Å²) in [6, 6.07) is 3.76. The Hall–Kier alpha value is -1.89. The van der Waals surface area contributed by atoms with Crippen LogP contribution in [0.2, 0.25) is 0 Å². The maximum atomic E-state index is 12.4. The van der Waals surface area contributed by atoms with Crippen LogP contribution in [0, 0.1) is 0 Å². The molecular formula is C13H12F3NO3. The fraction of sp³-hybridized carbons (Fsp3) is 0.385. The van der Waals surface area contributed by atoms with Crippen LogP contribution in [0.4, 0.5) is 13.2 Å². The first-order valence-electron chi connectivity index (χ1n) is 5.95. The number of carbonyl (C=O) groups is 1. The van der Waals surface area contributed by atoms with Crippen LogP contribution in [-0.2, 0) is 15.8 Å². The Morgan fingerprint density at radius 3 is 2.50 bits per heavy atom. The van der Waals surface area contributed by atoms with Gasteiger partial charge in [0.15, 0.2) is 0 Å². The Kier molecular flexibility index (Phi) is 4.08. The van der Waals surface area contributed by atoms with Crippen LogP contribution in [-0.4, -0.2) is 24.4 Å². The number of nitrogens with zero attached hydrogens (tertiary/aromatic N) is 1. The molecule has 1 aliphatic heterocycles. The van der Waals surface area contributed by atoms with E-state index in [-0.39, 0.29) is 11.7 Å². The smallest absolute Gasteiger partial charge is 0.372 e. The van der Waals surface area contributed by atoms with Crippen molar-refractivity contribution >= 4 is 11.7 Å². The van der Waals surface area contributed by atoms with Crippen LogP contribution < -0.4 is 0 Å². The Bertz CT molecular complexity index is 523. The van der Waals surface area contributed by atoms with Crippen molar-refractivity contribution in [1.82, 2.24) is 0 Å². The summed E-state index contributed by atoms with van der Waals surface area (Å²) in [5.41, 5.74) is -0.211. The summed E-state index contributed by atoms with van der Waals surface area (Å²) in [7, 11) is 0. The van der Waals surface area contributed by atoms with Crippen LogP contribution >= 0.6 is 0 Å². The maximum absolute atomic E-state index is 12.4. The Balaban J connectivity index is 2.03. The summed E-state index contributed by atoms with van der Waals surface area (Å²) < 4.78 is 42.3. The van der Waals surface area contributed by atoms with Crippen molar-refractivity contribution < 1.29 is 27.5 Å². The molecule has 1 aromatic carbocycles. The Morgan fingerprint density at radius 2 is 2.00 bits per heavy atom. The average Bonchev–Trinajstić information content (AvgIpc) is 2.81. The number of alkyl halides is 3. The molecule has 7 heteroatoms. The van der Waals surface area contributed by atoms with Crippen molar-refractivity contribution in [3.8, 4) is 0 Å². The summed E-state index contributed by atoms with van der Waals surface area (Å²) in [5.74, 6) is -0.801. The normalized spacial score (nSPS) is 21.2. The van der Waals surface area contributed by atoms with Gasteiger partial charge in [-0.25, -0.2) is 4.79 Å². The third kappa shape index (κ3) is 3.36. The molecule has 1 unspecified atom stereocenters. The van der Waals surface area contributed by atoms with Gasteiger partial charge in [0, 0.05) is 6.42 Å². The van der Waals surface area contributed by atoms with Crippen molar-refractivity contribution in [1.29, 1.82) is 0 Å². The van der Waals surface area contributed by atoms with E-state index in [1.807, 2.05) is 0 Å². The van der Waals surface area contributed by atoms with E-state index < -0.39 is 17.7 Å². The Labute approximate surface area is 113 Å². The molecule has 0 aliphatic carbocycles. The lowest BCUT2D eigenvalue weighted by molar-refractivity contribution is -0.137. The molecule has 1 saturated heterocycles. The van der Waals surface area contributed by atoms with Gasteiger partial charge in [-0.05, 0) is 31.2 Å². The van der Waals surface area contributed by atoms with Crippen molar-refractivity contribution in [2.75, 3.05) is 6.61 Å². The molecule has 20 heavy (non-hydrogen) atoms. The standard InChI is InChI=1S/C13H12F3NO3/c1-8-11(6-7-19-8)17-20-12(18)9-2-4-10(5-3-9)13(14,15)16/h2-5,8H,6-7H2,1H3. The Morgan fingerprint density at radius 1 is 1.35 bits per heavy atom. The molecule has 2 rings (SSSR count). The van der Waals surface area contributed by atoms with Crippen LogP contribution in [0.1, 0.15) is 29.3 Å². The van der Waals surface area contributed by atoms with Gasteiger partial charge in [-0.3, -0.25) is 0 Å². The van der Waals surface area contributed by atoms with Gasteiger partial charge in [0.25, 0.3) is 0 Å². The molecule has 0 aromatic heterocycles. The fourth-order valence-electron chi connectivity index (χ4n) is 1.71. The van der Waals surface area contributed by atoms with Gasteiger partial charge in [0.2, 0.25) is 0 Å². The number of hydrogen-bond donors (Lipinski definition) is 0. The van der Waals surface area contributed by atoms with Gasteiger partial charge < -0.3 is 9.57 Å². The maximum Gasteiger partial charge on any atom is 0.416 e. The number of ether oxygens (including phenoxy) is 1. The topological polar surface area (TPSA) is 47.9 Å². The first-order chi connectivity index (χ1) is 9.38. The highest BCUT2D eigenvalue weighted by molar-refractivity contribution is 5.92. The molecule has 0 amide bonds. The predicted octanol–water partition coefficient (Wildman–Crippen LogP) is 3.03. The van der Waals surface area contributed by atoms with E-state index in [0.717, 1.165) is 24.3 Å². The molecule has 0 saturated carbocycles. The predicted molar refractivity (Wildman–Crippen MR) is 64.3 cm³/mol. The molecular weight excluding hydrogens is 275 g/mol. The first kappa shape index (κ1) is 14.5. The van der Waals surface area contributed by atoms with E-state index >= 15 is 0 Å². The van der Waals surface area contributed by atoms with E-state index in [1.165, 1.54) is 0 Å². The lowest BCUT2D eigenvalue weighted by Crippen LogP contribution is -2.12. The first-order valence-corrected chi connectivity index (χ1v) is 5.95. The van der Waals surface area contributed by atoms with Gasteiger partial charge in [-0.15, -0.1) is 0 Å². The average molecular weight is 287 g/mol. The van der Waals surface area contributed by atoms with Gasteiger partial charge in [-0.1, -0.05) is 5.16 Å². The van der Waals surface area contributed by atoms with Crippen molar-refractivity contribution in [3.05, 3.63) is 35.4 Å². The highest BCUT2D eigenvalue weighted by Gasteiger charge is 2.30. The second-order valence-electron chi connectivity index (χ2n) is 4.30. The molecule has 0 bridgehead atoms. The number of hydrogen-bond acceptors (Lipinski definition) is 4. The van der Waals surface area contributed by atoms with Gasteiger partial charge >= 0.3 is 12.1 Å². The quantitative estimate of drug-likeness (QED) is 0.620. The number of halogens is 3. The van der Waals surface area contributed by atoms with Crippen LogP contribution in [0.3, 0.4) is 0 Å². The zero-order chi connectivity index (χ0) is 14.8. The van der Waals surface area contributed by atoms with Crippen molar-refractivity contribution in [3.63, 3.8) is 0 Å². The van der Waals surface area contributed by atoms with Gasteiger partial charge in [0.05, 0.1) is 29.5 Å². The highest BCUT2D eigenvalue weighted by Crippen LogP contribution is 2.29. The lowest BCUT2D eigenvalue weighted by Gasteiger charge is -2.06.